The van der Waals surface area contributed by atoms with Crippen molar-refractivity contribution in [3.05, 3.63) is 11.9 Å². The van der Waals surface area contributed by atoms with E-state index in [1.165, 1.54) is 6.08 Å². The number of nitrogens with two attached hydrogens (primary N) is 1. The van der Waals surface area contributed by atoms with E-state index < -0.39 is 0 Å². The molecular formula is C5H10FN. The van der Waals surface area contributed by atoms with E-state index in [2.05, 4.69) is 0 Å². The highest BCUT2D eigenvalue weighted by atomic mass is 19.1. The van der Waals surface area contributed by atoms with Crippen molar-refractivity contribution in [3.8, 4) is 0 Å². The maximum absolute atomic E-state index is 11.9. The summed E-state index contributed by atoms with van der Waals surface area (Å²) in [5.74, 6) is -0.220. The minimum absolute atomic E-state index is 0.0356. The highest BCUT2D eigenvalue weighted by Crippen LogP contribution is 1.92. The van der Waals surface area contributed by atoms with E-state index in [1.54, 1.807) is 0 Å². The van der Waals surface area contributed by atoms with Crippen LogP contribution >= 0.6 is 0 Å². The van der Waals surface area contributed by atoms with Crippen molar-refractivity contribution >= 4 is 0 Å². The van der Waals surface area contributed by atoms with Crippen molar-refractivity contribution in [1.82, 2.24) is 0 Å². The molecule has 0 aliphatic carbocycles. The molecule has 0 saturated heterocycles. The molecule has 0 unspecified atom stereocenters. The van der Waals surface area contributed by atoms with Crippen molar-refractivity contribution in [3.63, 3.8) is 0 Å². The summed E-state index contributed by atoms with van der Waals surface area (Å²) in [6, 6.07) is 0. The van der Waals surface area contributed by atoms with Crippen molar-refractivity contribution < 1.29 is 4.39 Å². The second-order valence-electron chi connectivity index (χ2n) is 1.26. The molecule has 0 amide bonds. The number of allylic oxidation sites excluding steroid dienone is 1. The molecule has 0 rings (SSSR count). The van der Waals surface area contributed by atoms with Crippen LogP contribution in [0.5, 0.6) is 0 Å². The van der Waals surface area contributed by atoms with Crippen LogP contribution in [0, 0.1) is 0 Å². The second-order valence-corrected chi connectivity index (χ2v) is 1.26. The molecule has 0 saturated carbocycles. The Balaban J connectivity index is 3.29. The maximum atomic E-state index is 11.9. The van der Waals surface area contributed by atoms with Gasteiger partial charge in [-0.05, 0) is 6.42 Å². The van der Waals surface area contributed by atoms with Gasteiger partial charge in [0.05, 0.1) is 0 Å². The van der Waals surface area contributed by atoms with Crippen LogP contribution in [0.2, 0.25) is 0 Å². The number of hydrogen-bond donors (Lipinski definition) is 1. The second kappa shape index (κ2) is 3.81. The molecule has 0 atom stereocenters. The first kappa shape index (κ1) is 6.63. The Morgan fingerprint density at radius 3 is 2.57 bits per heavy atom. The van der Waals surface area contributed by atoms with Crippen molar-refractivity contribution in [2.45, 2.75) is 13.3 Å². The van der Waals surface area contributed by atoms with E-state index in [0.717, 1.165) is 6.42 Å². The Hall–Kier alpha value is -0.370. The average Bonchev–Trinajstić information content (AvgIpc) is 1.68. The summed E-state index contributed by atoms with van der Waals surface area (Å²) in [6.45, 7) is 1.91. The lowest BCUT2D eigenvalue weighted by atomic mass is 10.4. The van der Waals surface area contributed by atoms with Gasteiger partial charge in [-0.1, -0.05) is 13.0 Å². The third kappa shape index (κ3) is 3.46. The van der Waals surface area contributed by atoms with Gasteiger partial charge < -0.3 is 5.73 Å². The summed E-state index contributed by atoms with van der Waals surface area (Å²) >= 11 is 0. The normalized spacial score (nSPS) is 12.1. The molecule has 1 nitrogen and oxygen atoms in total. The lowest BCUT2D eigenvalue weighted by Gasteiger charge is -1.84. The SMILES string of the molecule is CC/C=C(/F)CN. The first-order valence-corrected chi connectivity index (χ1v) is 2.35. The molecule has 2 heteroatoms. The fourth-order valence-corrected chi connectivity index (χ4v) is 0.305. The van der Waals surface area contributed by atoms with Crippen LogP contribution in [-0.4, -0.2) is 6.54 Å². The molecule has 0 aromatic carbocycles. The van der Waals surface area contributed by atoms with Crippen molar-refractivity contribution in [2.75, 3.05) is 6.54 Å². The van der Waals surface area contributed by atoms with Gasteiger partial charge in [0.25, 0.3) is 0 Å². The Labute approximate surface area is 43.0 Å². The van der Waals surface area contributed by atoms with Gasteiger partial charge in [0.1, 0.15) is 5.83 Å². The van der Waals surface area contributed by atoms with Crippen LogP contribution < -0.4 is 5.73 Å². The highest BCUT2D eigenvalue weighted by Gasteiger charge is 1.82. The van der Waals surface area contributed by atoms with E-state index in [1.807, 2.05) is 6.92 Å². The van der Waals surface area contributed by atoms with Gasteiger partial charge in [-0.15, -0.1) is 0 Å². The third-order valence-electron chi connectivity index (χ3n) is 0.621. The molecule has 0 aromatic heterocycles. The fourth-order valence-electron chi connectivity index (χ4n) is 0.305. The zero-order valence-corrected chi connectivity index (χ0v) is 4.45. The van der Waals surface area contributed by atoms with Gasteiger partial charge in [-0.3, -0.25) is 0 Å². The van der Waals surface area contributed by atoms with Crippen molar-refractivity contribution in [1.29, 1.82) is 0 Å². The monoisotopic (exact) mass is 103 g/mol. The quantitative estimate of drug-likeness (QED) is 0.558. The molecule has 0 fully saturated rings. The summed E-state index contributed by atoms with van der Waals surface area (Å²) in [7, 11) is 0. The molecule has 0 aliphatic rings. The van der Waals surface area contributed by atoms with Crippen LogP contribution in [0.25, 0.3) is 0 Å². The zero-order chi connectivity index (χ0) is 5.70. The summed E-state index contributed by atoms with van der Waals surface area (Å²) < 4.78 is 11.9. The third-order valence-corrected chi connectivity index (χ3v) is 0.621. The molecule has 0 spiro atoms. The molecule has 0 aliphatic heterocycles. The van der Waals surface area contributed by atoms with Crippen LogP contribution in [0.1, 0.15) is 13.3 Å². The molecule has 2 N–H and O–H groups in total. The van der Waals surface area contributed by atoms with Gasteiger partial charge in [0, 0.05) is 6.54 Å². The number of rotatable bonds is 2. The largest absolute Gasteiger partial charge is 0.325 e. The smallest absolute Gasteiger partial charge is 0.109 e. The van der Waals surface area contributed by atoms with Crippen LogP contribution in [0.4, 0.5) is 4.39 Å². The predicted octanol–water partition coefficient (Wildman–Crippen LogP) is 1.21. The highest BCUT2D eigenvalue weighted by molar-refractivity contribution is 4.91. The van der Waals surface area contributed by atoms with Crippen LogP contribution in [-0.2, 0) is 0 Å². The van der Waals surface area contributed by atoms with E-state index in [-0.39, 0.29) is 12.4 Å². The zero-order valence-electron chi connectivity index (χ0n) is 4.45. The Morgan fingerprint density at radius 1 is 1.86 bits per heavy atom. The number of halogens is 1. The van der Waals surface area contributed by atoms with E-state index in [9.17, 15) is 4.39 Å². The summed E-state index contributed by atoms with van der Waals surface area (Å²) in [6.07, 6.45) is 2.20. The number of hydrogen-bond acceptors (Lipinski definition) is 1. The van der Waals surface area contributed by atoms with Crippen LogP contribution in [0.15, 0.2) is 11.9 Å². The standard InChI is InChI=1S/C5H10FN/c1-2-3-5(6)4-7/h3H,2,4,7H2,1H3/b5-3+. The summed E-state index contributed by atoms with van der Waals surface area (Å²) in [5.41, 5.74) is 4.91. The Bertz CT molecular complexity index is 68.5. The molecule has 0 radical (unpaired) electrons. The lowest BCUT2D eigenvalue weighted by molar-refractivity contribution is 0.613. The van der Waals surface area contributed by atoms with E-state index in [0.29, 0.717) is 0 Å². The molecule has 42 valence electrons. The van der Waals surface area contributed by atoms with Crippen LogP contribution in [0.3, 0.4) is 0 Å². The average molecular weight is 103 g/mol. The van der Waals surface area contributed by atoms with Gasteiger partial charge in [0.2, 0.25) is 0 Å². The summed E-state index contributed by atoms with van der Waals surface area (Å²) in [4.78, 5) is 0. The Morgan fingerprint density at radius 2 is 2.43 bits per heavy atom. The van der Waals surface area contributed by atoms with Gasteiger partial charge >= 0.3 is 0 Å². The maximum Gasteiger partial charge on any atom is 0.109 e. The first-order chi connectivity index (χ1) is 3.31. The van der Waals surface area contributed by atoms with E-state index in [4.69, 9.17) is 5.73 Å². The molecule has 0 aromatic rings. The minimum Gasteiger partial charge on any atom is -0.325 e. The van der Waals surface area contributed by atoms with Gasteiger partial charge in [-0.25, -0.2) is 4.39 Å². The summed E-state index contributed by atoms with van der Waals surface area (Å²) in [5, 5.41) is 0. The first-order valence-electron chi connectivity index (χ1n) is 2.35. The molecule has 0 bridgehead atoms. The van der Waals surface area contributed by atoms with Crippen molar-refractivity contribution in [2.24, 2.45) is 5.73 Å². The Kier molecular flexibility index (Phi) is 3.61. The van der Waals surface area contributed by atoms with E-state index >= 15 is 0 Å². The minimum atomic E-state index is -0.220. The fraction of sp³-hybridized carbons (Fsp3) is 0.600. The van der Waals surface area contributed by atoms with Gasteiger partial charge in [-0.2, -0.15) is 0 Å². The molecule has 7 heavy (non-hydrogen) atoms. The molecular weight excluding hydrogens is 93.1 g/mol. The topological polar surface area (TPSA) is 26.0 Å². The predicted molar refractivity (Wildman–Crippen MR) is 28.5 cm³/mol. The van der Waals surface area contributed by atoms with Gasteiger partial charge in [0.15, 0.2) is 0 Å². The molecule has 0 heterocycles. The lowest BCUT2D eigenvalue weighted by Crippen LogP contribution is -1.97.